The van der Waals surface area contributed by atoms with Crippen molar-refractivity contribution in [2.45, 2.75) is 37.3 Å². The van der Waals surface area contributed by atoms with Crippen molar-refractivity contribution in [3.8, 4) is 0 Å². The predicted octanol–water partition coefficient (Wildman–Crippen LogP) is 4.32. The molecule has 1 amide bonds. The number of aliphatic hydroxyl groups excluding tert-OH is 1. The molecule has 3 atom stereocenters. The molecule has 4 rings (SSSR count). The second kappa shape index (κ2) is 8.98. The number of aromatic nitrogens is 2. The highest BCUT2D eigenvalue weighted by molar-refractivity contribution is 6.21. The Balaban J connectivity index is 1.47. The molecule has 156 valence electrons. The first-order valence-electron chi connectivity index (χ1n) is 10.2. The van der Waals surface area contributed by atoms with Crippen LogP contribution < -0.4 is 10.6 Å². The fraction of sp³-hybridized carbons (Fsp3) is 0.348. The van der Waals surface area contributed by atoms with Crippen LogP contribution in [-0.4, -0.2) is 32.6 Å². The molecule has 0 aromatic carbocycles. The van der Waals surface area contributed by atoms with E-state index >= 15 is 0 Å². The van der Waals surface area contributed by atoms with Gasteiger partial charge in [-0.05, 0) is 42.5 Å². The van der Waals surface area contributed by atoms with Gasteiger partial charge in [-0.2, -0.15) is 0 Å². The highest BCUT2D eigenvalue weighted by atomic mass is 35.5. The van der Waals surface area contributed by atoms with Crippen LogP contribution in [0.4, 0.5) is 11.5 Å². The maximum Gasteiger partial charge on any atom is 0.255 e. The second-order valence-electron chi connectivity index (χ2n) is 7.92. The van der Waals surface area contributed by atoms with Gasteiger partial charge in [-0.3, -0.25) is 9.78 Å². The quantitative estimate of drug-likeness (QED) is 0.474. The van der Waals surface area contributed by atoms with Gasteiger partial charge in [-0.25, -0.2) is 4.98 Å². The van der Waals surface area contributed by atoms with Crippen LogP contribution in [0.2, 0.25) is 0 Å². The van der Waals surface area contributed by atoms with E-state index in [1.54, 1.807) is 30.7 Å². The van der Waals surface area contributed by atoms with Crippen LogP contribution in [0.3, 0.4) is 0 Å². The number of anilines is 2. The van der Waals surface area contributed by atoms with Crippen molar-refractivity contribution < 1.29 is 9.90 Å². The van der Waals surface area contributed by atoms with E-state index in [9.17, 15) is 9.90 Å². The van der Waals surface area contributed by atoms with E-state index in [0.717, 1.165) is 18.4 Å². The van der Waals surface area contributed by atoms with Gasteiger partial charge < -0.3 is 15.7 Å². The molecule has 6 nitrogen and oxygen atoms in total. The Kier molecular flexibility index (Phi) is 6.16. The van der Waals surface area contributed by atoms with Crippen molar-refractivity contribution in [2.75, 3.05) is 10.6 Å². The first-order chi connectivity index (χ1) is 14.5. The molecular formula is C23H25ClN4O2. The lowest BCUT2D eigenvalue weighted by Gasteiger charge is -2.35. The van der Waals surface area contributed by atoms with Crippen LogP contribution in [0.25, 0.3) is 0 Å². The van der Waals surface area contributed by atoms with Crippen LogP contribution in [0.5, 0.6) is 0 Å². The number of nitrogens with zero attached hydrogens (tertiary/aromatic N) is 2. The largest absolute Gasteiger partial charge is 0.373 e. The minimum Gasteiger partial charge on any atom is -0.373 e. The Morgan fingerprint density at radius 1 is 1.23 bits per heavy atom. The molecule has 7 heteroatoms. The van der Waals surface area contributed by atoms with Crippen LogP contribution >= 0.6 is 11.6 Å². The lowest BCUT2D eigenvalue weighted by atomic mass is 9.83. The Morgan fingerprint density at radius 3 is 2.80 bits per heavy atom. The van der Waals surface area contributed by atoms with Gasteiger partial charge in [0.15, 0.2) is 0 Å². The number of hydrogen-bond donors (Lipinski definition) is 3. The zero-order valence-corrected chi connectivity index (χ0v) is 17.5. The topological polar surface area (TPSA) is 87.1 Å². The molecule has 2 aliphatic rings. The first kappa shape index (κ1) is 20.6. The number of carbonyl (C=O) groups is 1. The second-order valence-corrected chi connectivity index (χ2v) is 8.54. The summed E-state index contributed by atoms with van der Waals surface area (Å²) in [5.41, 5.74) is 2.16. The van der Waals surface area contributed by atoms with Gasteiger partial charge in [0, 0.05) is 35.2 Å². The molecule has 0 bridgehead atoms. The van der Waals surface area contributed by atoms with Gasteiger partial charge in [0.1, 0.15) is 12.0 Å². The van der Waals surface area contributed by atoms with Crippen molar-refractivity contribution in [3.05, 3.63) is 72.2 Å². The highest BCUT2D eigenvalue weighted by Gasteiger charge is 2.33. The maximum atomic E-state index is 12.9. The normalized spacial score (nSPS) is 26.0. The molecule has 1 fully saturated rings. The molecule has 3 unspecified atom stereocenters. The van der Waals surface area contributed by atoms with Crippen LogP contribution in [0.1, 0.15) is 41.6 Å². The zero-order valence-electron chi connectivity index (χ0n) is 16.7. The number of amides is 1. The van der Waals surface area contributed by atoms with Gasteiger partial charge >= 0.3 is 0 Å². The fourth-order valence-electron chi connectivity index (χ4n) is 3.87. The van der Waals surface area contributed by atoms with Gasteiger partial charge in [0.2, 0.25) is 0 Å². The van der Waals surface area contributed by atoms with E-state index in [2.05, 4.69) is 39.7 Å². The summed E-state index contributed by atoms with van der Waals surface area (Å²) in [4.78, 5) is 21.3. The summed E-state index contributed by atoms with van der Waals surface area (Å²) < 4.78 is 0. The van der Waals surface area contributed by atoms with E-state index in [1.165, 1.54) is 0 Å². The molecule has 1 saturated carbocycles. The third kappa shape index (κ3) is 4.55. The number of aliphatic hydroxyl groups is 1. The summed E-state index contributed by atoms with van der Waals surface area (Å²) in [5.74, 6) is 0.797. The Hall–Kier alpha value is -2.70. The van der Waals surface area contributed by atoms with E-state index in [0.29, 0.717) is 23.0 Å². The third-order valence-corrected chi connectivity index (χ3v) is 6.11. The number of alkyl halides is 1. The van der Waals surface area contributed by atoms with E-state index in [4.69, 9.17) is 11.6 Å². The van der Waals surface area contributed by atoms with E-state index in [1.807, 2.05) is 18.2 Å². The Bertz CT molecular complexity index is 971. The number of hydrogen-bond acceptors (Lipinski definition) is 5. The van der Waals surface area contributed by atoms with Gasteiger partial charge in [0.05, 0.1) is 11.9 Å². The summed E-state index contributed by atoms with van der Waals surface area (Å²) in [6, 6.07) is 5.23. The molecule has 2 heterocycles. The summed E-state index contributed by atoms with van der Waals surface area (Å²) >= 11 is 5.99. The molecule has 0 spiro atoms. The molecule has 30 heavy (non-hydrogen) atoms. The minimum atomic E-state index is -0.733. The molecule has 0 radical (unpaired) electrons. The average Bonchev–Trinajstić information content (AvgIpc) is 2.72. The van der Waals surface area contributed by atoms with Crippen LogP contribution in [-0.2, 0) is 0 Å². The Morgan fingerprint density at radius 2 is 2.03 bits per heavy atom. The average molecular weight is 425 g/mol. The number of allylic oxidation sites excluding steroid dienone is 4. The molecular weight excluding hydrogens is 400 g/mol. The smallest absolute Gasteiger partial charge is 0.255 e. The molecule has 3 N–H and O–H groups in total. The first-order valence-corrected chi connectivity index (χ1v) is 10.6. The van der Waals surface area contributed by atoms with E-state index in [-0.39, 0.29) is 23.1 Å². The molecule has 0 aliphatic heterocycles. The Labute approximate surface area is 181 Å². The monoisotopic (exact) mass is 424 g/mol. The number of halogens is 1. The van der Waals surface area contributed by atoms with Crippen molar-refractivity contribution in [1.82, 2.24) is 9.97 Å². The van der Waals surface area contributed by atoms with E-state index < -0.39 is 6.23 Å². The molecule has 0 saturated heterocycles. The lowest BCUT2D eigenvalue weighted by molar-refractivity contribution is 0.0872. The lowest BCUT2D eigenvalue weighted by Crippen LogP contribution is -2.39. The summed E-state index contributed by atoms with van der Waals surface area (Å²) in [6.07, 6.45) is 14.1. The predicted molar refractivity (Wildman–Crippen MR) is 119 cm³/mol. The van der Waals surface area contributed by atoms with Crippen molar-refractivity contribution >= 4 is 29.0 Å². The van der Waals surface area contributed by atoms with Crippen molar-refractivity contribution in [2.24, 2.45) is 11.8 Å². The molecule has 2 aromatic rings. The SMILES string of the molecule is CC1C=CC=CC1c1ccncc1NC(=O)c1ccnc(NC(O)C2CC(Cl)C2)c1. The number of rotatable bonds is 6. The van der Waals surface area contributed by atoms with Crippen molar-refractivity contribution in [3.63, 3.8) is 0 Å². The van der Waals surface area contributed by atoms with Crippen LogP contribution in [0, 0.1) is 11.8 Å². The minimum absolute atomic E-state index is 0.101. The van der Waals surface area contributed by atoms with Gasteiger partial charge in [-0.15, -0.1) is 11.6 Å². The van der Waals surface area contributed by atoms with Gasteiger partial charge in [0.25, 0.3) is 5.91 Å². The van der Waals surface area contributed by atoms with Gasteiger partial charge in [-0.1, -0.05) is 31.2 Å². The van der Waals surface area contributed by atoms with Crippen molar-refractivity contribution in [1.29, 1.82) is 0 Å². The zero-order chi connectivity index (χ0) is 21.1. The number of nitrogens with one attached hydrogen (secondary N) is 2. The summed E-state index contributed by atoms with van der Waals surface area (Å²) in [7, 11) is 0. The number of pyridine rings is 2. The maximum absolute atomic E-state index is 12.9. The fourth-order valence-corrected chi connectivity index (χ4v) is 4.32. The summed E-state index contributed by atoms with van der Waals surface area (Å²) in [6.45, 7) is 2.15. The third-order valence-electron chi connectivity index (χ3n) is 5.75. The summed E-state index contributed by atoms with van der Waals surface area (Å²) in [5, 5.41) is 16.4. The highest BCUT2D eigenvalue weighted by Crippen LogP contribution is 2.35. The van der Waals surface area contributed by atoms with Crippen LogP contribution in [0.15, 0.2) is 61.1 Å². The standard InChI is InChI=1S/C23H25ClN4O2/c1-14-4-2-3-5-18(14)19-7-8-25-13-20(19)27-22(29)15-6-9-26-21(12-15)28-23(30)16-10-17(24)11-16/h2-9,12-14,16-18,23,30H,10-11H2,1H3,(H,26,28)(H,27,29). The molecule has 2 aromatic heterocycles. The molecule has 2 aliphatic carbocycles. The number of carbonyl (C=O) groups excluding carboxylic acids is 1.